The van der Waals surface area contributed by atoms with Gasteiger partial charge in [0.05, 0.1) is 0 Å². The molecule has 0 radical (unpaired) electrons. The van der Waals surface area contributed by atoms with E-state index in [9.17, 15) is 8.78 Å². The fourth-order valence-electron chi connectivity index (χ4n) is 7.44. The van der Waals surface area contributed by atoms with Crippen LogP contribution in [-0.2, 0) is 12.8 Å². The third-order valence-corrected chi connectivity index (χ3v) is 27.5. The summed E-state index contributed by atoms with van der Waals surface area (Å²) in [5, 5.41) is 0.898. The third kappa shape index (κ3) is 11.3. The molecule has 0 saturated carbocycles. The van der Waals surface area contributed by atoms with Crippen LogP contribution in [0.2, 0.25) is 23.6 Å². The molecular weight excluding hydrogens is 820 g/mol. The Morgan fingerprint density at radius 1 is 0.704 bits per heavy atom. The van der Waals surface area contributed by atoms with Crippen molar-refractivity contribution in [3.63, 3.8) is 0 Å². The largest absolute Gasteiger partial charge is 0.244 e. The van der Waals surface area contributed by atoms with Crippen LogP contribution in [0.4, 0.5) is 8.78 Å². The average molecular weight is 877 g/mol. The molecule has 6 rings (SSSR count). The third-order valence-electron chi connectivity index (χ3n) is 10.7. The van der Waals surface area contributed by atoms with Crippen molar-refractivity contribution in [2.24, 2.45) is 0 Å². The molecule has 0 unspecified atom stereocenters. The summed E-state index contributed by atoms with van der Waals surface area (Å²) in [7, 11) is 0. The molecule has 0 fully saturated rings. The quantitative estimate of drug-likeness (QED) is 0.0988. The summed E-state index contributed by atoms with van der Waals surface area (Å²) in [5.41, 5.74) is 10.5. The second-order valence-electron chi connectivity index (χ2n) is 14.8. The maximum Gasteiger partial charge on any atom is 0.130 e. The van der Waals surface area contributed by atoms with Gasteiger partial charge in [-0.2, -0.15) is 0 Å². The monoisotopic (exact) mass is 876 g/mol. The van der Waals surface area contributed by atoms with Crippen LogP contribution in [0.15, 0.2) is 77.7 Å². The number of rotatable bonds is 13. The van der Waals surface area contributed by atoms with Crippen LogP contribution >= 0.6 is 23.2 Å². The number of allylic oxidation sites excluding steroid dienone is 4. The van der Waals surface area contributed by atoms with E-state index in [4.69, 9.17) is 23.2 Å². The number of fused-ring (bicyclic) bond motifs is 2. The average Bonchev–Trinajstić information content (AvgIpc) is 3.79. The van der Waals surface area contributed by atoms with Gasteiger partial charge >= 0.3 is 108 Å². The second-order valence-corrected chi connectivity index (χ2v) is 29.6. The molecule has 2 aromatic heterocycles. The van der Waals surface area contributed by atoms with Gasteiger partial charge in [0, 0.05) is 29.1 Å². The Morgan fingerprint density at radius 3 is 1.57 bits per heavy atom. The number of aryl methyl sites for hydroxylation is 1. The van der Waals surface area contributed by atoms with Crippen molar-refractivity contribution in [1.82, 2.24) is 9.97 Å². The predicted octanol–water partition coefficient (Wildman–Crippen LogP) is 15.2. The SMILES string of the molecule is C=C(C)c1cnc(Cl)cc1C1=Cc2c(F)cccc2C1.C=[C](C)[Sn]([CH2]CCC)([CH2]CCC)[CH2]CCC.Cc1cnc(Cl)cc1C1=Cc2c(F)cccc2C1. The first-order chi connectivity index (χ1) is 25.8. The molecule has 286 valence electrons. The van der Waals surface area contributed by atoms with Gasteiger partial charge in [0.15, 0.2) is 0 Å². The first kappa shape index (κ1) is 43.7. The van der Waals surface area contributed by atoms with E-state index in [1.54, 1.807) is 41.4 Å². The van der Waals surface area contributed by atoms with E-state index in [1.165, 1.54) is 50.7 Å². The minimum Gasteiger partial charge on any atom is -0.244 e. The molecule has 0 aliphatic heterocycles. The van der Waals surface area contributed by atoms with Gasteiger partial charge in [0.25, 0.3) is 0 Å². The summed E-state index contributed by atoms with van der Waals surface area (Å²) in [6.07, 6.45) is 17.2. The Labute approximate surface area is 337 Å². The van der Waals surface area contributed by atoms with Gasteiger partial charge in [-0.05, 0) is 108 Å². The summed E-state index contributed by atoms with van der Waals surface area (Å²) in [4.78, 5) is 8.14. The van der Waals surface area contributed by atoms with Crippen molar-refractivity contribution in [3.8, 4) is 0 Å². The molecule has 2 nitrogen and oxygen atoms in total. The zero-order valence-corrected chi connectivity index (χ0v) is 37.4. The van der Waals surface area contributed by atoms with Crippen LogP contribution in [0, 0.1) is 18.6 Å². The summed E-state index contributed by atoms with van der Waals surface area (Å²) in [6, 6.07) is 14.0. The number of halogens is 4. The van der Waals surface area contributed by atoms with Gasteiger partial charge in [0.2, 0.25) is 0 Å². The molecule has 0 atom stereocenters. The van der Waals surface area contributed by atoms with E-state index < -0.39 is 18.4 Å². The zero-order valence-electron chi connectivity index (χ0n) is 33.0. The second kappa shape index (κ2) is 20.7. The van der Waals surface area contributed by atoms with E-state index in [0.29, 0.717) is 27.9 Å². The number of unbranched alkanes of at least 4 members (excludes halogenated alkanes) is 3. The molecule has 0 bridgehead atoms. The van der Waals surface area contributed by atoms with E-state index in [2.05, 4.69) is 50.8 Å². The van der Waals surface area contributed by atoms with Gasteiger partial charge in [0.1, 0.15) is 21.9 Å². The maximum atomic E-state index is 13.8. The molecule has 7 heteroatoms. The Balaban J connectivity index is 0.000000182. The summed E-state index contributed by atoms with van der Waals surface area (Å²) >= 11 is 9.98. The van der Waals surface area contributed by atoms with Crippen LogP contribution in [-0.4, -0.2) is 28.3 Å². The van der Waals surface area contributed by atoms with E-state index in [-0.39, 0.29) is 11.6 Å². The normalized spacial score (nSPS) is 12.8. The molecule has 2 aliphatic carbocycles. The topological polar surface area (TPSA) is 25.8 Å². The van der Waals surface area contributed by atoms with Crippen LogP contribution in [0.1, 0.15) is 118 Å². The minimum atomic E-state index is -1.94. The smallest absolute Gasteiger partial charge is 0.130 e. The number of hydrogen-bond donors (Lipinski definition) is 0. The Kier molecular flexibility index (Phi) is 16.8. The fraction of sp³-hybridized carbons (Fsp3) is 0.362. The summed E-state index contributed by atoms with van der Waals surface area (Å²) in [6.45, 7) is 21.6. The molecule has 0 amide bonds. The molecule has 2 aromatic carbocycles. The van der Waals surface area contributed by atoms with Crippen molar-refractivity contribution in [3.05, 3.63) is 144 Å². The van der Waals surface area contributed by atoms with Crippen molar-refractivity contribution in [2.75, 3.05) is 0 Å². The number of nitrogens with zero attached hydrogens (tertiary/aromatic N) is 2. The molecule has 4 aromatic rings. The van der Waals surface area contributed by atoms with Crippen molar-refractivity contribution in [2.45, 2.75) is 106 Å². The minimum absolute atomic E-state index is 0.166. The van der Waals surface area contributed by atoms with E-state index in [0.717, 1.165) is 56.5 Å². The Bertz CT molecular complexity index is 1990. The van der Waals surface area contributed by atoms with Crippen LogP contribution < -0.4 is 0 Å². The standard InChI is InChI=1S/C17H13ClFN.C15H11ClFN.3C4H9.C3H5.Sn/c1-10(2)15-9-20-17(18)8-13(15)12-6-11-4-3-5-16(19)14(11)7-12;1-9-8-18-15(16)7-12(9)11-5-10-3-2-4-14(17)13(10)6-11;3*1-3-4-2;1-3-2;/h3-5,7-9H,1,6H2,2H3;2-4,6-8H,5H2,1H3;3*1,3-4H2,2H3;1H2,2H3;. The molecular formula is C47H56Cl2F2N2Sn. The van der Waals surface area contributed by atoms with Gasteiger partial charge in [-0.1, -0.05) is 54.0 Å². The Morgan fingerprint density at radius 2 is 1.15 bits per heavy atom. The first-order valence-electron chi connectivity index (χ1n) is 19.4. The zero-order chi connectivity index (χ0) is 39.4. The van der Waals surface area contributed by atoms with Crippen LogP contribution in [0.3, 0.4) is 0 Å². The number of benzene rings is 2. The number of pyridine rings is 2. The first-order valence-corrected chi connectivity index (χ1v) is 27.6. The molecule has 54 heavy (non-hydrogen) atoms. The van der Waals surface area contributed by atoms with Crippen LogP contribution in [0.5, 0.6) is 0 Å². The molecule has 2 heterocycles. The van der Waals surface area contributed by atoms with Gasteiger partial charge < -0.3 is 0 Å². The molecule has 2 aliphatic rings. The summed E-state index contributed by atoms with van der Waals surface area (Å²) < 4.78 is 33.8. The van der Waals surface area contributed by atoms with Crippen molar-refractivity contribution >= 4 is 70.5 Å². The van der Waals surface area contributed by atoms with Crippen LogP contribution in [0.25, 0.3) is 28.9 Å². The molecule has 0 N–H and O–H groups in total. The van der Waals surface area contributed by atoms with Crippen molar-refractivity contribution < 1.29 is 8.78 Å². The van der Waals surface area contributed by atoms with Gasteiger partial charge in [-0.3, -0.25) is 0 Å². The van der Waals surface area contributed by atoms with Crippen molar-refractivity contribution in [1.29, 1.82) is 0 Å². The van der Waals surface area contributed by atoms with E-state index >= 15 is 0 Å². The molecule has 0 spiro atoms. The predicted molar refractivity (Wildman–Crippen MR) is 234 cm³/mol. The molecule has 0 saturated heterocycles. The number of aromatic nitrogens is 2. The summed E-state index contributed by atoms with van der Waals surface area (Å²) in [5.74, 6) is -0.352. The van der Waals surface area contributed by atoms with Gasteiger partial charge in [-0.25, -0.2) is 18.7 Å². The Hall–Kier alpha value is -3.06. The maximum absolute atomic E-state index is 13.8. The van der Waals surface area contributed by atoms with E-state index in [1.807, 2.05) is 50.3 Å². The van der Waals surface area contributed by atoms with Gasteiger partial charge in [-0.15, -0.1) is 0 Å². The fourth-order valence-corrected chi connectivity index (χ4v) is 22.4. The number of hydrogen-bond acceptors (Lipinski definition) is 2.